The van der Waals surface area contributed by atoms with Crippen molar-refractivity contribution in [2.24, 2.45) is 0 Å². The zero-order valence-corrected chi connectivity index (χ0v) is 14.6. The predicted molar refractivity (Wildman–Crippen MR) is 101 cm³/mol. The summed E-state index contributed by atoms with van der Waals surface area (Å²) < 4.78 is 16.1. The second-order valence-electron chi connectivity index (χ2n) is 5.44. The lowest BCUT2D eigenvalue weighted by Gasteiger charge is -2.26. The van der Waals surface area contributed by atoms with E-state index in [9.17, 15) is 0 Å². The average Bonchev–Trinajstić information content (AvgIpc) is 2.69. The summed E-state index contributed by atoms with van der Waals surface area (Å²) in [5.41, 5.74) is 3.01. The van der Waals surface area contributed by atoms with Crippen LogP contribution < -0.4 is 19.1 Å². The van der Waals surface area contributed by atoms with E-state index in [4.69, 9.17) is 14.2 Å². The van der Waals surface area contributed by atoms with Crippen molar-refractivity contribution >= 4 is 17.1 Å². The number of hydrogen-bond acceptors (Lipinski definition) is 4. The molecule has 128 valence electrons. The Labute approximate surface area is 148 Å². The van der Waals surface area contributed by atoms with Gasteiger partial charge < -0.3 is 19.1 Å². The van der Waals surface area contributed by atoms with Gasteiger partial charge in [-0.2, -0.15) is 0 Å². The molecular weight excluding hydrogens is 314 g/mol. The highest BCUT2D eigenvalue weighted by molar-refractivity contribution is 5.78. The van der Waals surface area contributed by atoms with Crippen molar-refractivity contribution in [3.05, 3.63) is 72.8 Å². The Kier molecular flexibility index (Phi) is 5.09. The Morgan fingerprint density at radius 2 is 1.04 bits per heavy atom. The lowest BCUT2D eigenvalue weighted by atomic mass is 10.1. The van der Waals surface area contributed by atoms with E-state index in [0.29, 0.717) is 0 Å². The van der Waals surface area contributed by atoms with Gasteiger partial charge in [0.05, 0.1) is 27.0 Å². The minimum absolute atomic E-state index is 0.740. The van der Waals surface area contributed by atoms with E-state index in [2.05, 4.69) is 17.0 Å². The van der Waals surface area contributed by atoms with Crippen LogP contribution in [0.3, 0.4) is 0 Å². The molecule has 0 heterocycles. The first kappa shape index (κ1) is 16.7. The molecule has 0 aliphatic heterocycles. The topological polar surface area (TPSA) is 30.9 Å². The van der Waals surface area contributed by atoms with Crippen molar-refractivity contribution in [3.8, 4) is 17.2 Å². The molecule has 0 spiro atoms. The maximum Gasteiger partial charge on any atom is 0.124 e. The molecule has 0 radical (unpaired) electrons. The summed E-state index contributed by atoms with van der Waals surface area (Å²) in [5, 5.41) is 0. The molecule has 0 bridgehead atoms. The molecule has 0 fully saturated rings. The van der Waals surface area contributed by atoms with Crippen molar-refractivity contribution in [3.63, 3.8) is 0 Å². The zero-order valence-electron chi connectivity index (χ0n) is 14.6. The number of methoxy groups -OCH3 is 3. The molecule has 3 aromatic rings. The third kappa shape index (κ3) is 3.69. The molecular formula is C21H21NO3. The lowest BCUT2D eigenvalue weighted by Crippen LogP contribution is -2.10. The second kappa shape index (κ2) is 7.62. The molecule has 0 amide bonds. The van der Waals surface area contributed by atoms with E-state index in [1.165, 1.54) is 0 Å². The van der Waals surface area contributed by atoms with Crippen LogP contribution in [0.25, 0.3) is 0 Å². The van der Waals surface area contributed by atoms with Gasteiger partial charge in [-0.3, -0.25) is 0 Å². The standard InChI is InChI=1S/C21H21NO3/c1-23-19-11-9-17(10-12-19)22(16-7-5-4-6-8-16)18-13-20(24-2)15-21(14-18)25-3/h4-15H,1-3H3. The molecule has 4 heteroatoms. The monoisotopic (exact) mass is 335 g/mol. The quantitative estimate of drug-likeness (QED) is 0.621. The SMILES string of the molecule is COc1ccc(N(c2ccccc2)c2cc(OC)cc(OC)c2)cc1. The smallest absolute Gasteiger partial charge is 0.124 e. The van der Waals surface area contributed by atoms with Crippen LogP contribution in [-0.4, -0.2) is 21.3 Å². The Morgan fingerprint density at radius 3 is 1.56 bits per heavy atom. The van der Waals surface area contributed by atoms with Crippen LogP contribution in [0.4, 0.5) is 17.1 Å². The third-order valence-electron chi connectivity index (χ3n) is 3.94. The van der Waals surface area contributed by atoms with Crippen LogP contribution in [0.5, 0.6) is 17.2 Å². The molecule has 4 nitrogen and oxygen atoms in total. The third-order valence-corrected chi connectivity index (χ3v) is 3.94. The summed E-state index contributed by atoms with van der Waals surface area (Å²) in [6.45, 7) is 0. The van der Waals surface area contributed by atoms with E-state index < -0.39 is 0 Å². The molecule has 0 atom stereocenters. The summed E-state index contributed by atoms with van der Waals surface area (Å²) in [6, 6.07) is 23.9. The van der Waals surface area contributed by atoms with Crippen LogP contribution in [-0.2, 0) is 0 Å². The van der Waals surface area contributed by atoms with Gasteiger partial charge >= 0.3 is 0 Å². The van der Waals surface area contributed by atoms with Gasteiger partial charge in [-0.1, -0.05) is 18.2 Å². The minimum Gasteiger partial charge on any atom is -0.497 e. The number of ether oxygens (including phenoxy) is 3. The molecule has 0 N–H and O–H groups in total. The Balaban J connectivity index is 2.14. The molecule has 0 aromatic heterocycles. The van der Waals surface area contributed by atoms with Crippen molar-refractivity contribution in [1.82, 2.24) is 0 Å². The fourth-order valence-electron chi connectivity index (χ4n) is 2.68. The maximum absolute atomic E-state index is 5.43. The summed E-state index contributed by atoms with van der Waals surface area (Å²) in [6.07, 6.45) is 0. The number of para-hydroxylation sites is 1. The first-order valence-corrected chi connectivity index (χ1v) is 7.97. The van der Waals surface area contributed by atoms with Crippen molar-refractivity contribution in [1.29, 1.82) is 0 Å². The van der Waals surface area contributed by atoms with Crippen LogP contribution in [0.2, 0.25) is 0 Å². The largest absolute Gasteiger partial charge is 0.497 e. The fourth-order valence-corrected chi connectivity index (χ4v) is 2.68. The number of anilines is 3. The highest BCUT2D eigenvalue weighted by atomic mass is 16.5. The Hall–Kier alpha value is -3.14. The Bertz CT molecular complexity index is 794. The Morgan fingerprint density at radius 1 is 0.520 bits per heavy atom. The van der Waals surface area contributed by atoms with Crippen molar-refractivity contribution in [2.45, 2.75) is 0 Å². The van der Waals surface area contributed by atoms with Gasteiger partial charge in [0, 0.05) is 29.6 Å². The van der Waals surface area contributed by atoms with Crippen LogP contribution >= 0.6 is 0 Å². The van der Waals surface area contributed by atoms with Gasteiger partial charge in [-0.15, -0.1) is 0 Å². The van der Waals surface area contributed by atoms with Gasteiger partial charge in [0.1, 0.15) is 17.2 Å². The van der Waals surface area contributed by atoms with Gasteiger partial charge in [0.2, 0.25) is 0 Å². The van der Waals surface area contributed by atoms with Gasteiger partial charge in [-0.05, 0) is 36.4 Å². The summed E-state index contributed by atoms with van der Waals surface area (Å²) >= 11 is 0. The predicted octanol–water partition coefficient (Wildman–Crippen LogP) is 5.18. The van der Waals surface area contributed by atoms with Crippen LogP contribution in [0.15, 0.2) is 72.8 Å². The number of benzene rings is 3. The number of hydrogen-bond donors (Lipinski definition) is 0. The summed E-state index contributed by atoms with van der Waals surface area (Å²) in [4.78, 5) is 2.14. The highest BCUT2D eigenvalue weighted by Gasteiger charge is 2.14. The normalized spacial score (nSPS) is 10.2. The fraction of sp³-hybridized carbons (Fsp3) is 0.143. The molecule has 0 aliphatic carbocycles. The van der Waals surface area contributed by atoms with Crippen molar-refractivity contribution in [2.75, 3.05) is 26.2 Å². The molecule has 3 rings (SSSR count). The molecule has 0 aliphatic rings. The van der Waals surface area contributed by atoms with Gasteiger partial charge in [0.15, 0.2) is 0 Å². The van der Waals surface area contributed by atoms with Crippen LogP contribution in [0, 0.1) is 0 Å². The molecule has 0 saturated heterocycles. The molecule has 25 heavy (non-hydrogen) atoms. The van der Waals surface area contributed by atoms with Crippen molar-refractivity contribution < 1.29 is 14.2 Å². The minimum atomic E-state index is 0.740. The highest BCUT2D eigenvalue weighted by Crippen LogP contribution is 2.38. The maximum atomic E-state index is 5.43. The van der Waals surface area contributed by atoms with E-state index in [-0.39, 0.29) is 0 Å². The number of rotatable bonds is 6. The van der Waals surface area contributed by atoms with E-state index in [1.807, 2.05) is 60.7 Å². The molecule has 0 unspecified atom stereocenters. The summed E-state index contributed by atoms with van der Waals surface area (Å²) in [7, 11) is 4.97. The van der Waals surface area contributed by atoms with Crippen LogP contribution in [0.1, 0.15) is 0 Å². The second-order valence-corrected chi connectivity index (χ2v) is 5.44. The molecule has 0 saturated carbocycles. The van der Waals surface area contributed by atoms with Gasteiger partial charge in [-0.25, -0.2) is 0 Å². The molecule has 3 aromatic carbocycles. The zero-order chi connectivity index (χ0) is 17.6. The van der Waals surface area contributed by atoms with E-state index >= 15 is 0 Å². The van der Waals surface area contributed by atoms with E-state index in [1.54, 1.807) is 21.3 Å². The van der Waals surface area contributed by atoms with E-state index in [0.717, 1.165) is 34.3 Å². The van der Waals surface area contributed by atoms with Gasteiger partial charge in [0.25, 0.3) is 0 Å². The average molecular weight is 335 g/mol. The first-order chi connectivity index (χ1) is 12.2. The number of nitrogens with zero attached hydrogens (tertiary/aromatic N) is 1. The first-order valence-electron chi connectivity index (χ1n) is 7.97. The lowest BCUT2D eigenvalue weighted by molar-refractivity contribution is 0.394. The summed E-state index contributed by atoms with van der Waals surface area (Å²) in [5.74, 6) is 2.30.